The number of carbonyl (C=O) groups excluding carboxylic acids is 1. The Hall–Kier alpha value is -1.61. The number of hydrogen-bond donors (Lipinski definition) is 1. The van der Waals surface area contributed by atoms with E-state index in [0.29, 0.717) is 0 Å². The molecule has 1 aromatic carbocycles. The first-order chi connectivity index (χ1) is 7.11. The number of aliphatic hydroxyl groups is 1. The molecule has 0 bridgehead atoms. The van der Waals surface area contributed by atoms with Crippen LogP contribution in [-0.2, 0) is 4.79 Å². The molecule has 80 valence electrons. The van der Waals surface area contributed by atoms with Crippen LogP contribution < -0.4 is 4.90 Å². The zero-order valence-electron chi connectivity index (χ0n) is 9.03. The third-order valence-corrected chi connectivity index (χ3v) is 2.27. The molecular formula is C12H15NO2. The van der Waals surface area contributed by atoms with Gasteiger partial charge in [0, 0.05) is 6.20 Å². The number of aliphatic hydroxyl groups excluding tert-OH is 1. The second-order valence-electron chi connectivity index (χ2n) is 3.34. The topological polar surface area (TPSA) is 40.5 Å². The van der Waals surface area contributed by atoms with E-state index in [1.165, 1.54) is 11.1 Å². The molecule has 0 aliphatic heterocycles. The van der Waals surface area contributed by atoms with Gasteiger partial charge in [-0.15, -0.1) is 0 Å². The Bertz CT molecular complexity index is 365. The van der Waals surface area contributed by atoms with Gasteiger partial charge >= 0.3 is 0 Å². The van der Waals surface area contributed by atoms with Crippen molar-refractivity contribution in [2.75, 3.05) is 11.5 Å². The predicted molar refractivity (Wildman–Crippen MR) is 60.7 cm³/mol. The van der Waals surface area contributed by atoms with Crippen molar-refractivity contribution < 1.29 is 9.90 Å². The monoisotopic (exact) mass is 205 g/mol. The molecule has 0 aromatic heterocycles. The van der Waals surface area contributed by atoms with Crippen molar-refractivity contribution in [3.63, 3.8) is 0 Å². The lowest BCUT2D eigenvalue weighted by molar-refractivity contribution is -0.120. The summed E-state index contributed by atoms with van der Waals surface area (Å²) < 4.78 is 0. The summed E-state index contributed by atoms with van der Waals surface area (Å²) >= 11 is 0. The molecule has 0 aliphatic rings. The van der Waals surface area contributed by atoms with Gasteiger partial charge in [0.1, 0.15) is 6.61 Å². The number of benzene rings is 1. The molecule has 1 rings (SSSR count). The van der Waals surface area contributed by atoms with Crippen LogP contribution in [0.3, 0.4) is 0 Å². The minimum Gasteiger partial charge on any atom is -0.387 e. The molecule has 3 heteroatoms. The normalized spacial score (nSPS) is 9.80. The summed E-state index contributed by atoms with van der Waals surface area (Å²) in [6, 6.07) is 5.77. The zero-order chi connectivity index (χ0) is 11.4. The molecule has 0 saturated heterocycles. The van der Waals surface area contributed by atoms with E-state index < -0.39 is 6.61 Å². The number of carbonyl (C=O) groups is 1. The molecule has 0 spiro atoms. The summed E-state index contributed by atoms with van der Waals surface area (Å²) in [6.07, 6.45) is 1.42. The van der Waals surface area contributed by atoms with E-state index >= 15 is 0 Å². The van der Waals surface area contributed by atoms with Gasteiger partial charge in [-0.1, -0.05) is 24.8 Å². The van der Waals surface area contributed by atoms with Crippen LogP contribution in [0.25, 0.3) is 0 Å². The van der Waals surface area contributed by atoms with E-state index in [1.807, 2.05) is 32.0 Å². The van der Waals surface area contributed by atoms with Crippen LogP contribution in [-0.4, -0.2) is 17.6 Å². The minimum atomic E-state index is -0.514. The van der Waals surface area contributed by atoms with Crippen molar-refractivity contribution in [1.82, 2.24) is 0 Å². The van der Waals surface area contributed by atoms with Gasteiger partial charge in [0.2, 0.25) is 0 Å². The van der Waals surface area contributed by atoms with Gasteiger partial charge in [-0.3, -0.25) is 9.69 Å². The quantitative estimate of drug-likeness (QED) is 0.817. The average molecular weight is 205 g/mol. The highest BCUT2D eigenvalue weighted by Crippen LogP contribution is 2.24. The fourth-order valence-corrected chi connectivity index (χ4v) is 1.58. The fraction of sp³-hybridized carbons (Fsp3) is 0.250. The zero-order valence-corrected chi connectivity index (χ0v) is 9.03. The fourth-order valence-electron chi connectivity index (χ4n) is 1.58. The van der Waals surface area contributed by atoms with Gasteiger partial charge < -0.3 is 5.11 Å². The van der Waals surface area contributed by atoms with Gasteiger partial charge in [-0.25, -0.2) is 0 Å². The maximum absolute atomic E-state index is 11.5. The molecule has 0 atom stereocenters. The largest absolute Gasteiger partial charge is 0.387 e. The van der Waals surface area contributed by atoms with Crippen LogP contribution >= 0.6 is 0 Å². The summed E-state index contributed by atoms with van der Waals surface area (Å²) in [5.74, 6) is -0.373. The van der Waals surface area contributed by atoms with Gasteiger partial charge in [-0.2, -0.15) is 0 Å². The molecule has 1 amide bonds. The Labute approximate surface area is 89.6 Å². The first-order valence-corrected chi connectivity index (χ1v) is 4.73. The summed E-state index contributed by atoms with van der Waals surface area (Å²) in [5, 5.41) is 8.84. The second kappa shape index (κ2) is 4.75. The summed E-state index contributed by atoms with van der Waals surface area (Å²) in [4.78, 5) is 12.8. The Morgan fingerprint density at radius 1 is 1.47 bits per heavy atom. The SMILES string of the molecule is C=CN(C(=O)CO)c1c(C)cccc1C. The van der Waals surface area contributed by atoms with Crippen LogP contribution in [0.2, 0.25) is 0 Å². The summed E-state index contributed by atoms with van der Waals surface area (Å²) in [5.41, 5.74) is 2.76. The third kappa shape index (κ3) is 2.25. The minimum absolute atomic E-state index is 0.373. The molecule has 0 radical (unpaired) electrons. The van der Waals surface area contributed by atoms with E-state index in [2.05, 4.69) is 6.58 Å². The van der Waals surface area contributed by atoms with Gasteiger partial charge in [0.15, 0.2) is 0 Å². The summed E-state index contributed by atoms with van der Waals surface area (Å²) in [7, 11) is 0. The van der Waals surface area contributed by atoms with Crippen molar-refractivity contribution in [3.05, 3.63) is 42.1 Å². The molecule has 0 fully saturated rings. The Kier molecular flexibility index (Phi) is 3.63. The highest BCUT2D eigenvalue weighted by Gasteiger charge is 2.15. The molecule has 0 heterocycles. The van der Waals surface area contributed by atoms with E-state index in [9.17, 15) is 4.79 Å². The average Bonchev–Trinajstić information content (AvgIpc) is 2.22. The number of hydrogen-bond acceptors (Lipinski definition) is 2. The molecular weight excluding hydrogens is 190 g/mol. The van der Waals surface area contributed by atoms with Crippen molar-refractivity contribution in [1.29, 1.82) is 0 Å². The van der Waals surface area contributed by atoms with E-state index in [4.69, 9.17) is 5.11 Å². The highest BCUT2D eigenvalue weighted by molar-refractivity contribution is 5.97. The molecule has 1 N–H and O–H groups in total. The van der Waals surface area contributed by atoms with Gasteiger partial charge in [-0.05, 0) is 25.0 Å². The van der Waals surface area contributed by atoms with Crippen LogP contribution in [0.15, 0.2) is 31.0 Å². The third-order valence-electron chi connectivity index (χ3n) is 2.27. The maximum Gasteiger partial charge on any atom is 0.256 e. The first-order valence-electron chi connectivity index (χ1n) is 4.73. The van der Waals surface area contributed by atoms with Crippen LogP contribution in [0.1, 0.15) is 11.1 Å². The molecule has 15 heavy (non-hydrogen) atoms. The lowest BCUT2D eigenvalue weighted by atomic mass is 10.1. The lowest BCUT2D eigenvalue weighted by Gasteiger charge is -2.21. The number of anilines is 1. The lowest BCUT2D eigenvalue weighted by Crippen LogP contribution is -2.28. The van der Waals surface area contributed by atoms with E-state index in [1.54, 1.807) is 0 Å². The number of para-hydroxylation sites is 1. The van der Waals surface area contributed by atoms with Crippen LogP contribution in [0.4, 0.5) is 5.69 Å². The number of aryl methyl sites for hydroxylation is 2. The number of amides is 1. The van der Waals surface area contributed by atoms with E-state index in [0.717, 1.165) is 16.8 Å². The Balaban J connectivity index is 3.23. The Morgan fingerprint density at radius 2 is 2.00 bits per heavy atom. The standard InChI is InChI=1S/C12H15NO2/c1-4-13(11(15)8-14)12-9(2)6-5-7-10(12)3/h4-7,14H,1,8H2,2-3H3. The predicted octanol–water partition coefficient (Wildman–Crippen LogP) is 1.77. The molecule has 0 aliphatic carbocycles. The van der Waals surface area contributed by atoms with E-state index in [-0.39, 0.29) is 5.91 Å². The molecule has 0 unspecified atom stereocenters. The second-order valence-corrected chi connectivity index (χ2v) is 3.34. The van der Waals surface area contributed by atoms with Crippen molar-refractivity contribution >= 4 is 11.6 Å². The number of nitrogens with zero attached hydrogens (tertiary/aromatic N) is 1. The van der Waals surface area contributed by atoms with Crippen LogP contribution in [0, 0.1) is 13.8 Å². The van der Waals surface area contributed by atoms with Gasteiger partial charge in [0.05, 0.1) is 5.69 Å². The van der Waals surface area contributed by atoms with Crippen LogP contribution in [0.5, 0.6) is 0 Å². The first kappa shape index (κ1) is 11.5. The van der Waals surface area contributed by atoms with Crippen molar-refractivity contribution in [2.45, 2.75) is 13.8 Å². The maximum atomic E-state index is 11.5. The summed E-state index contributed by atoms with van der Waals surface area (Å²) in [6.45, 7) is 6.91. The highest BCUT2D eigenvalue weighted by atomic mass is 16.3. The van der Waals surface area contributed by atoms with Gasteiger partial charge in [0.25, 0.3) is 5.91 Å². The molecule has 1 aromatic rings. The smallest absolute Gasteiger partial charge is 0.256 e. The molecule has 3 nitrogen and oxygen atoms in total. The Morgan fingerprint density at radius 3 is 2.40 bits per heavy atom. The molecule has 0 saturated carbocycles. The number of rotatable bonds is 3. The van der Waals surface area contributed by atoms with Crippen molar-refractivity contribution in [3.8, 4) is 0 Å². The van der Waals surface area contributed by atoms with Crippen molar-refractivity contribution in [2.24, 2.45) is 0 Å².